The summed E-state index contributed by atoms with van der Waals surface area (Å²) in [7, 11) is 0. The van der Waals surface area contributed by atoms with Crippen LogP contribution in [0.3, 0.4) is 0 Å². The fraction of sp³-hybridized carbons (Fsp3) is 0.438. The Morgan fingerprint density at radius 1 is 1.32 bits per heavy atom. The number of fused-ring (bicyclic) bond motifs is 1. The number of nitrogens with zero attached hydrogens (tertiary/aromatic N) is 4. The molecule has 4 rings (SSSR count). The van der Waals surface area contributed by atoms with Gasteiger partial charge in [-0.15, -0.1) is 10.2 Å². The van der Waals surface area contributed by atoms with E-state index in [0.29, 0.717) is 11.8 Å². The van der Waals surface area contributed by atoms with Crippen LogP contribution in [0.2, 0.25) is 0 Å². The molecule has 5 nitrogen and oxygen atoms in total. The van der Waals surface area contributed by atoms with E-state index in [9.17, 15) is 4.79 Å². The first-order valence-corrected chi connectivity index (χ1v) is 8.72. The molecule has 0 atom stereocenters. The molecule has 2 aromatic rings. The number of para-hydroxylation sites is 1. The second-order valence-corrected chi connectivity index (χ2v) is 6.76. The maximum Gasteiger partial charge on any atom is 0.237 e. The first-order chi connectivity index (χ1) is 10.8. The molecule has 114 valence electrons. The SMILES string of the molecule is O=C(CSc1nncn1C1CC1)N1CCCc2ccccc21. The summed E-state index contributed by atoms with van der Waals surface area (Å²) in [6, 6.07) is 8.75. The van der Waals surface area contributed by atoms with Crippen molar-refractivity contribution in [2.45, 2.75) is 36.9 Å². The van der Waals surface area contributed by atoms with Crippen molar-refractivity contribution < 1.29 is 4.79 Å². The molecule has 0 spiro atoms. The van der Waals surface area contributed by atoms with Gasteiger partial charge in [0.2, 0.25) is 5.91 Å². The summed E-state index contributed by atoms with van der Waals surface area (Å²) >= 11 is 1.50. The standard InChI is InChI=1S/C16H18N4OS/c21-15(10-22-16-18-17-11-20(16)13-7-8-13)19-9-3-5-12-4-1-2-6-14(12)19/h1-2,4,6,11,13H,3,5,7-10H2. The van der Waals surface area contributed by atoms with Crippen molar-refractivity contribution in [2.24, 2.45) is 0 Å². The molecule has 1 aliphatic heterocycles. The van der Waals surface area contributed by atoms with Crippen LogP contribution in [0.1, 0.15) is 30.9 Å². The Balaban J connectivity index is 1.45. The first kappa shape index (κ1) is 13.8. The minimum Gasteiger partial charge on any atom is -0.311 e. The molecule has 22 heavy (non-hydrogen) atoms. The Kier molecular flexibility index (Phi) is 3.62. The molecule has 1 amide bonds. The Labute approximate surface area is 133 Å². The van der Waals surface area contributed by atoms with E-state index in [-0.39, 0.29) is 5.91 Å². The van der Waals surface area contributed by atoms with Crippen molar-refractivity contribution in [2.75, 3.05) is 17.2 Å². The number of benzene rings is 1. The third kappa shape index (κ3) is 2.63. The molecule has 1 saturated carbocycles. The molecule has 1 aliphatic carbocycles. The summed E-state index contributed by atoms with van der Waals surface area (Å²) < 4.78 is 2.10. The Morgan fingerprint density at radius 3 is 3.05 bits per heavy atom. The maximum absolute atomic E-state index is 12.6. The van der Waals surface area contributed by atoms with Crippen molar-refractivity contribution in [1.82, 2.24) is 14.8 Å². The number of anilines is 1. The molecular weight excluding hydrogens is 296 g/mol. The van der Waals surface area contributed by atoms with E-state index >= 15 is 0 Å². The molecule has 6 heteroatoms. The van der Waals surface area contributed by atoms with Gasteiger partial charge in [-0.05, 0) is 37.3 Å². The second kappa shape index (κ2) is 5.76. The van der Waals surface area contributed by atoms with Crippen LogP contribution in [0.25, 0.3) is 0 Å². The largest absolute Gasteiger partial charge is 0.311 e. The van der Waals surface area contributed by atoms with E-state index in [1.165, 1.54) is 30.2 Å². The highest BCUT2D eigenvalue weighted by Crippen LogP contribution is 2.37. The van der Waals surface area contributed by atoms with Gasteiger partial charge in [-0.3, -0.25) is 4.79 Å². The summed E-state index contributed by atoms with van der Waals surface area (Å²) in [5, 5.41) is 8.98. The van der Waals surface area contributed by atoms with Crippen LogP contribution in [-0.2, 0) is 11.2 Å². The molecule has 1 aromatic heterocycles. The Hall–Kier alpha value is -1.82. The lowest BCUT2D eigenvalue weighted by Crippen LogP contribution is -2.36. The van der Waals surface area contributed by atoms with Crippen LogP contribution < -0.4 is 4.90 Å². The zero-order valence-electron chi connectivity index (χ0n) is 12.3. The van der Waals surface area contributed by atoms with Gasteiger partial charge in [-0.2, -0.15) is 0 Å². The van der Waals surface area contributed by atoms with Crippen LogP contribution in [0.5, 0.6) is 0 Å². The van der Waals surface area contributed by atoms with Crippen LogP contribution in [0.4, 0.5) is 5.69 Å². The van der Waals surface area contributed by atoms with Crippen molar-refractivity contribution in [1.29, 1.82) is 0 Å². The summed E-state index contributed by atoms with van der Waals surface area (Å²) in [4.78, 5) is 14.5. The van der Waals surface area contributed by atoms with Gasteiger partial charge in [0.1, 0.15) is 6.33 Å². The number of carbonyl (C=O) groups is 1. The van der Waals surface area contributed by atoms with E-state index in [1.54, 1.807) is 6.33 Å². The van der Waals surface area contributed by atoms with Crippen LogP contribution in [0.15, 0.2) is 35.7 Å². The Morgan fingerprint density at radius 2 is 2.18 bits per heavy atom. The van der Waals surface area contributed by atoms with E-state index in [1.807, 2.05) is 23.1 Å². The number of hydrogen-bond acceptors (Lipinski definition) is 4. The van der Waals surface area contributed by atoms with E-state index in [0.717, 1.165) is 30.2 Å². The lowest BCUT2D eigenvalue weighted by atomic mass is 10.0. The fourth-order valence-electron chi connectivity index (χ4n) is 2.94. The number of amides is 1. The molecular formula is C16H18N4OS. The van der Waals surface area contributed by atoms with Gasteiger partial charge in [0.15, 0.2) is 5.16 Å². The summed E-state index contributed by atoms with van der Waals surface area (Å²) in [6.07, 6.45) is 6.26. The number of thioether (sulfide) groups is 1. The molecule has 0 N–H and O–H groups in total. The smallest absolute Gasteiger partial charge is 0.237 e. The number of rotatable bonds is 4. The van der Waals surface area contributed by atoms with Crippen molar-refractivity contribution in [3.63, 3.8) is 0 Å². The van der Waals surface area contributed by atoms with Crippen LogP contribution in [0, 0.1) is 0 Å². The minimum atomic E-state index is 0.155. The van der Waals surface area contributed by atoms with Crippen molar-refractivity contribution in [3.8, 4) is 0 Å². The zero-order chi connectivity index (χ0) is 14.9. The minimum absolute atomic E-state index is 0.155. The number of carbonyl (C=O) groups excluding carboxylic acids is 1. The van der Waals surface area contributed by atoms with Crippen LogP contribution >= 0.6 is 11.8 Å². The average molecular weight is 314 g/mol. The van der Waals surface area contributed by atoms with Crippen LogP contribution in [-0.4, -0.2) is 33.0 Å². The van der Waals surface area contributed by atoms with Crippen molar-refractivity contribution >= 4 is 23.4 Å². The van der Waals surface area contributed by atoms with E-state index < -0.39 is 0 Å². The first-order valence-electron chi connectivity index (χ1n) is 7.73. The third-order valence-electron chi connectivity index (χ3n) is 4.22. The normalized spacial score (nSPS) is 17.4. The molecule has 0 radical (unpaired) electrons. The second-order valence-electron chi connectivity index (χ2n) is 5.82. The van der Waals surface area contributed by atoms with Gasteiger partial charge < -0.3 is 9.47 Å². The quantitative estimate of drug-likeness (QED) is 0.814. The topological polar surface area (TPSA) is 51.0 Å². The predicted octanol–water partition coefficient (Wildman–Crippen LogP) is 2.68. The number of aromatic nitrogens is 3. The van der Waals surface area contributed by atoms with Gasteiger partial charge in [0.05, 0.1) is 5.75 Å². The molecule has 0 saturated heterocycles. The highest BCUT2D eigenvalue weighted by molar-refractivity contribution is 7.99. The lowest BCUT2D eigenvalue weighted by molar-refractivity contribution is -0.116. The summed E-state index contributed by atoms with van der Waals surface area (Å²) in [5.74, 6) is 0.572. The maximum atomic E-state index is 12.6. The van der Waals surface area contributed by atoms with Gasteiger partial charge in [-0.25, -0.2) is 0 Å². The number of hydrogen-bond donors (Lipinski definition) is 0. The molecule has 0 bridgehead atoms. The highest BCUT2D eigenvalue weighted by Gasteiger charge is 2.27. The Bertz CT molecular complexity index is 695. The number of aryl methyl sites for hydroxylation is 1. The third-order valence-corrected chi connectivity index (χ3v) is 5.16. The van der Waals surface area contributed by atoms with Crippen molar-refractivity contribution in [3.05, 3.63) is 36.2 Å². The average Bonchev–Trinajstić information content (AvgIpc) is 3.30. The molecule has 2 aliphatic rings. The van der Waals surface area contributed by atoms with Gasteiger partial charge in [-0.1, -0.05) is 30.0 Å². The van der Waals surface area contributed by atoms with Gasteiger partial charge in [0, 0.05) is 18.3 Å². The molecule has 1 fully saturated rings. The lowest BCUT2D eigenvalue weighted by Gasteiger charge is -2.29. The fourth-order valence-corrected chi connectivity index (χ4v) is 3.79. The molecule has 2 heterocycles. The van der Waals surface area contributed by atoms with Gasteiger partial charge in [0.25, 0.3) is 0 Å². The molecule has 0 unspecified atom stereocenters. The van der Waals surface area contributed by atoms with Gasteiger partial charge >= 0.3 is 0 Å². The monoisotopic (exact) mass is 314 g/mol. The summed E-state index contributed by atoms with van der Waals surface area (Å²) in [5.41, 5.74) is 2.34. The molecule has 1 aromatic carbocycles. The van der Waals surface area contributed by atoms with E-state index in [2.05, 4.69) is 20.8 Å². The summed E-state index contributed by atoms with van der Waals surface area (Å²) in [6.45, 7) is 0.811. The van der Waals surface area contributed by atoms with E-state index in [4.69, 9.17) is 0 Å². The predicted molar refractivity (Wildman–Crippen MR) is 86.1 cm³/mol. The zero-order valence-corrected chi connectivity index (χ0v) is 13.1. The highest BCUT2D eigenvalue weighted by atomic mass is 32.2.